The van der Waals surface area contributed by atoms with Crippen LogP contribution in [0.1, 0.15) is 12.0 Å². The van der Waals surface area contributed by atoms with Gasteiger partial charge in [0.2, 0.25) is 0 Å². The summed E-state index contributed by atoms with van der Waals surface area (Å²) in [6.07, 6.45) is 1.02. The van der Waals surface area contributed by atoms with Crippen LogP contribution in [0.3, 0.4) is 0 Å². The molecule has 4 heteroatoms. The van der Waals surface area contributed by atoms with E-state index in [1.54, 1.807) is 12.1 Å². The van der Waals surface area contributed by atoms with Crippen molar-refractivity contribution in [1.82, 2.24) is 0 Å². The molecule has 0 radical (unpaired) electrons. The summed E-state index contributed by atoms with van der Waals surface area (Å²) in [7, 11) is 0. The Morgan fingerprint density at radius 3 is 2.92 bits per heavy atom. The second-order valence-corrected chi connectivity index (χ2v) is 3.42. The quantitative estimate of drug-likeness (QED) is 0.647. The third-order valence-electron chi connectivity index (χ3n) is 2.12. The summed E-state index contributed by atoms with van der Waals surface area (Å²) in [4.78, 5) is 11.1. The third kappa shape index (κ3) is 1.41. The van der Waals surface area contributed by atoms with Gasteiger partial charge in [-0.05, 0) is 24.1 Å². The number of nitrogens with zero attached hydrogens (tertiary/aromatic N) is 1. The molecule has 1 aromatic rings. The van der Waals surface area contributed by atoms with E-state index in [1.165, 1.54) is 0 Å². The first kappa shape index (κ1) is 8.53. The van der Waals surface area contributed by atoms with Gasteiger partial charge in [0.15, 0.2) is 0 Å². The highest BCUT2D eigenvalue weighted by atomic mass is 35.5. The van der Waals surface area contributed by atoms with Gasteiger partial charge in [0.25, 0.3) is 5.91 Å². The van der Waals surface area contributed by atoms with Gasteiger partial charge in [0.05, 0.1) is 5.69 Å². The van der Waals surface area contributed by atoms with Crippen molar-refractivity contribution in [3.8, 4) is 0 Å². The predicted octanol–water partition coefficient (Wildman–Crippen LogP) is 2.01. The third-order valence-corrected chi connectivity index (χ3v) is 2.36. The standard InChI is InChI=1S/C9H8ClNO2/c10-7-3-1-6-2-4-9(12)11(13)8(6)5-7/h1,3,5,13H,2,4H2. The van der Waals surface area contributed by atoms with Crippen LogP contribution in [0.15, 0.2) is 18.2 Å². The first-order valence-electron chi connectivity index (χ1n) is 3.99. The van der Waals surface area contributed by atoms with Crippen molar-refractivity contribution in [1.29, 1.82) is 0 Å². The average molecular weight is 198 g/mol. The van der Waals surface area contributed by atoms with E-state index in [9.17, 15) is 10.0 Å². The van der Waals surface area contributed by atoms with Crippen LogP contribution < -0.4 is 5.06 Å². The number of amides is 1. The molecule has 0 saturated heterocycles. The molecule has 1 N–H and O–H groups in total. The topological polar surface area (TPSA) is 40.5 Å². The van der Waals surface area contributed by atoms with Crippen LogP contribution in [-0.2, 0) is 11.2 Å². The van der Waals surface area contributed by atoms with Gasteiger partial charge in [0.1, 0.15) is 0 Å². The SMILES string of the molecule is O=C1CCc2ccc(Cl)cc2N1O. The minimum Gasteiger partial charge on any atom is -0.281 e. The zero-order valence-corrected chi connectivity index (χ0v) is 7.58. The molecule has 3 nitrogen and oxygen atoms in total. The van der Waals surface area contributed by atoms with Gasteiger partial charge in [-0.15, -0.1) is 0 Å². The second-order valence-electron chi connectivity index (χ2n) is 2.98. The largest absolute Gasteiger partial charge is 0.281 e. The van der Waals surface area contributed by atoms with E-state index in [0.29, 0.717) is 28.6 Å². The van der Waals surface area contributed by atoms with Crippen LogP contribution >= 0.6 is 11.6 Å². The van der Waals surface area contributed by atoms with Gasteiger partial charge < -0.3 is 0 Å². The van der Waals surface area contributed by atoms with Gasteiger partial charge in [-0.3, -0.25) is 10.0 Å². The molecule has 0 aromatic heterocycles. The molecule has 13 heavy (non-hydrogen) atoms. The number of anilines is 1. The molecule has 0 spiro atoms. The Balaban J connectivity index is 2.51. The molecule has 1 aliphatic heterocycles. The van der Waals surface area contributed by atoms with Crippen LogP contribution in [0, 0.1) is 0 Å². The van der Waals surface area contributed by atoms with Crippen molar-refractivity contribution in [2.75, 3.05) is 5.06 Å². The minimum absolute atomic E-state index is 0.283. The van der Waals surface area contributed by atoms with E-state index >= 15 is 0 Å². The highest BCUT2D eigenvalue weighted by molar-refractivity contribution is 6.31. The van der Waals surface area contributed by atoms with Gasteiger partial charge in [-0.1, -0.05) is 17.7 Å². The molecule has 2 rings (SSSR count). The Morgan fingerprint density at radius 2 is 2.15 bits per heavy atom. The molecule has 0 fully saturated rings. The van der Waals surface area contributed by atoms with Crippen molar-refractivity contribution in [2.45, 2.75) is 12.8 Å². The molecule has 0 atom stereocenters. The maximum Gasteiger partial charge on any atom is 0.251 e. The first-order chi connectivity index (χ1) is 6.18. The van der Waals surface area contributed by atoms with Crippen LogP contribution in [0.5, 0.6) is 0 Å². The Morgan fingerprint density at radius 1 is 1.38 bits per heavy atom. The molecule has 1 aromatic carbocycles. The summed E-state index contributed by atoms with van der Waals surface area (Å²) in [6, 6.07) is 5.17. The van der Waals surface area contributed by atoms with E-state index in [-0.39, 0.29) is 5.91 Å². The monoisotopic (exact) mass is 197 g/mol. The van der Waals surface area contributed by atoms with Crippen LogP contribution in [0.2, 0.25) is 5.02 Å². The number of hydrogen-bond donors (Lipinski definition) is 1. The van der Waals surface area contributed by atoms with E-state index in [4.69, 9.17) is 11.6 Å². The molecular weight excluding hydrogens is 190 g/mol. The lowest BCUT2D eigenvalue weighted by atomic mass is 10.0. The van der Waals surface area contributed by atoms with E-state index in [1.807, 2.05) is 6.07 Å². The van der Waals surface area contributed by atoms with Gasteiger partial charge >= 0.3 is 0 Å². The molecule has 1 amide bonds. The Hall–Kier alpha value is -1.06. The normalized spacial score (nSPS) is 15.8. The van der Waals surface area contributed by atoms with Gasteiger partial charge in [0, 0.05) is 11.4 Å². The van der Waals surface area contributed by atoms with Gasteiger partial charge in [-0.25, -0.2) is 0 Å². The number of hydroxylamine groups is 1. The summed E-state index contributed by atoms with van der Waals surface area (Å²) < 4.78 is 0. The van der Waals surface area contributed by atoms with E-state index < -0.39 is 0 Å². The van der Waals surface area contributed by atoms with Crippen molar-refractivity contribution in [2.24, 2.45) is 0 Å². The Labute approximate surface area is 80.5 Å². The molecule has 1 aliphatic rings. The fourth-order valence-corrected chi connectivity index (χ4v) is 1.59. The fraction of sp³-hybridized carbons (Fsp3) is 0.222. The van der Waals surface area contributed by atoms with Crippen LogP contribution in [0.25, 0.3) is 0 Å². The zero-order chi connectivity index (χ0) is 9.42. The summed E-state index contributed by atoms with van der Waals surface area (Å²) >= 11 is 5.74. The maximum atomic E-state index is 11.1. The number of carbonyl (C=O) groups is 1. The predicted molar refractivity (Wildman–Crippen MR) is 49.0 cm³/mol. The molecule has 0 unspecified atom stereocenters. The van der Waals surface area contributed by atoms with Crippen LogP contribution in [-0.4, -0.2) is 11.1 Å². The summed E-state index contributed by atoms with van der Waals surface area (Å²) in [5, 5.41) is 10.6. The summed E-state index contributed by atoms with van der Waals surface area (Å²) in [6.45, 7) is 0. The number of benzene rings is 1. The number of aryl methyl sites for hydroxylation is 1. The van der Waals surface area contributed by atoms with Crippen molar-refractivity contribution < 1.29 is 10.0 Å². The maximum absolute atomic E-state index is 11.1. The average Bonchev–Trinajstić information content (AvgIpc) is 2.12. The zero-order valence-electron chi connectivity index (χ0n) is 6.83. The van der Waals surface area contributed by atoms with Crippen molar-refractivity contribution in [3.63, 3.8) is 0 Å². The highest BCUT2D eigenvalue weighted by Crippen LogP contribution is 2.28. The minimum atomic E-state index is -0.283. The van der Waals surface area contributed by atoms with Crippen molar-refractivity contribution in [3.05, 3.63) is 28.8 Å². The van der Waals surface area contributed by atoms with Crippen molar-refractivity contribution >= 4 is 23.2 Å². The molecule has 0 bridgehead atoms. The lowest BCUT2D eigenvalue weighted by Crippen LogP contribution is -2.31. The van der Waals surface area contributed by atoms with Crippen LogP contribution in [0.4, 0.5) is 5.69 Å². The van der Waals surface area contributed by atoms with E-state index in [0.717, 1.165) is 5.56 Å². The lowest BCUT2D eigenvalue weighted by molar-refractivity contribution is -0.124. The Kier molecular flexibility index (Phi) is 1.98. The first-order valence-corrected chi connectivity index (χ1v) is 4.36. The van der Waals surface area contributed by atoms with E-state index in [2.05, 4.69) is 0 Å². The number of carbonyl (C=O) groups excluding carboxylic acids is 1. The fourth-order valence-electron chi connectivity index (χ4n) is 1.43. The number of fused-ring (bicyclic) bond motifs is 1. The molecule has 0 saturated carbocycles. The number of halogens is 1. The lowest BCUT2D eigenvalue weighted by Gasteiger charge is -2.23. The second kappa shape index (κ2) is 3.01. The molecular formula is C9H8ClNO2. The summed E-state index contributed by atoms with van der Waals surface area (Å²) in [5.74, 6) is -0.283. The smallest absolute Gasteiger partial charge is 0.251 e. The number of rotatable bonds is 0. The molecule has 1 heterocycles. The van der Waals surface area contributed by atoms with Gasteiger partial charge in [-0.2, -0.15) is 5.06 Å². The molecule has 68 valence electrons. The number of hydrogen-bond acceptors (Lipinski definition) is 2. The molecule has 0 aliphatic carbocycles. The summed E-state index contributed by atoms with van der Waals surface area (Å²) in [5.41, 5.74) is 1.45. The Bertz CT molecular complexity index is 365. The highest BCUT2D eigenvalue weighted by Gasteiger charge is 2.22.